The van der Waals surface area contributed by atoms with E-state index in [9.17, 15) is 4.79 Å². The van der Waals surface area contributed by atoms with Crippen molar-refractivity contribution in [3.05, 3.63) is 54.4 Å². The van der Waals surface area contributed by atoms with Crippen molar-refractivity contribution in [3.8, 4) is 0 Å². The van der Waals surface area contributed by atoms with Gasteiger partial charge in [0.1, 0.15) is 0 Å². The fourth-order valence-corrected chi connectivity index (χ4v) is 8.69. The summed E-state index contributed by atoms with van der Waals surface area (Å²) in [6.07, 6.45) is 7.76. The van der Waals surface area contributed by atoms with Crippen LogP contribution in [0.1, 0.15) is 44.4 Å². The molecule has 1 aromatic heterocycles. The fraction of sp³-hybridized carbons (Fsp3) is 0.423. The Hall–Kier alpha value is -2.25. The Balaban J connectivity index is 1.11. The Morgan fingerprint density at radius 3 is 2.12 bits per heavy atom. The molecule has 5 nitrogen and oxygen atoms in total. The molecule has 1 amide bonds. The molecule has 4 bridgehead atoms. The molecule has 168 valence electrons. The molecule has 5 aliphatic rings. The number of benzene rings is 2. The largest absolute Gasteiger partial charge is 0.415 e. The zero-order chi connectivity index (χ0) is 22.0. The van der Waals surface area contributed by atoms with Crippen LogP contribution in [0.4, 0.5) is 11.4 Å². The molecule has 0 radical (unpaired) electrons. The summed E-state index contributed by atoms with van der Waals surface area (Å²) in [5.41, 5.74) is 1.96. The van der Waals surface area contributed by atoms with Crippen LogP contribution in [0.5, 0.6) is 0 Å². The number of carbonyl (C=O) groups excluding carboxylic acids is 1. The second-order valence-electron chi connectivity index (χ2n) is 10.1. The molecule has 7 heteroatoms. The number of hydrogen-bond donors (Lipinski definition) is 0. The summed E-state index contributed by atoms with van der Waals surface area (Å²) in [7, 11) is 0. The number of amides is 1. The third-order valence-corrected chi connectivity index (χ3v) is 9.83. The molecule has 8 rings (SSSR count). The van der Waals surface area contributed by atoms with Gasteiger partial charge in [0.05, 0.1) is 17.1 Å². The molecule has 33 heavy (non-hydrogen) atoms. The van der Waals surface area contributed by atoms with Crippen LogP contribution < -0.4 is 4.90 Å². The van der Waals surface area contributed by atoms with Crippen molar-refractivity contribution in [3.63, 3.8) is 0 Å². The summed E-state index contributed by atoms with van der Waals surface area (Å²) >= 11 is 3.07. The van der Waals surface area contributed by atoms with Crippen LogP contribution in [0.2, 0.25) is 0 Å². The molecule has 4 saturated carbocycles. The van der Waals surface area contributed by atoms with Gasteiger partial charge in [0.15, 0.2) is 0 Å². The number of anilines is 2. The van der Waals surface area contributed by atoms with Crippen molar-refractivity contribution in [1.29, 1.82) is 0 Å². The molecule has 2 aromatic carbocycles. The van der Waals surface area contributed by atoms with Crippen LogP contribution in [0.3, 0.4) is 0 Å². The van der Waals surface area contributed by atoms with Gasteiger partial charge in [-0.1, -0.05) is 47.8 Å². The predicted octanol–water partition coefficient (Wildman–Crippen LogP) is 6.46. The van der Waals surface area contributed by atoms with Crippen molar-refractivity contribution >= 4 is 40.8 Å². The summed E-state index contributed by atoms with van der Waals surface area (Å²) < 4.78 is 6.21. The quantitative estimate of drug-likeness (QED) is 0.404. The number of para-hydroxylation sites is 2. The third kappa shape index (κ3) is 3.35. The number of hydrogen-bond acceptors (Lipinski definition) is 6. The topological polar surface area (TPSA) is 59.2 Å². The van der Waals surface area contributed by atoms with Gasteiger partial charge in [-0.15, -0.1) is 10.2 Å². The van der Waals surface area contributed by atoms with Gasteiger partial charge in [-0.05, 0) is 80.5 Å². The monoisotopic (exact) mass is 475 g/mol. The number of nitrogens with zero attached hydrogens (tertiary/aromatic N) is 3. The molecule has 0 unspecified atom stereocenters. The molecule has 4 fully saturated rings. The van der Waals surface area contributed by atoms with Gasteiger partial charge in [0.25, 0.3) is 5.22 Å². The summed E-state index contributed by atoms with van der Waals surface area (Å²) in [4.78, 5) is 17.5. The van der Waals surface area contributed by atoms with Gasteiger partial charge in [-0.2, -0.15) is 0 Å². The van der Waals surface area contributed by atoms with E-state index in [0.717, 1.165) is 44.8 Å². The molecule has 0 atom stereocenters. The van der Waals surface area contributed by atoms with E-state index in [1.54, 1.807) is 11.8 Å². The van der Waals surface area contributed by atoms with Crippen LogP contribution in [0.15, 0.2) is 68.0 Å². The highest BCUT2D eigenvalue weighted by Crippen LogP contribution is 2.60. The normalized spacial score (nSPS) is 29.1. The second-order valence-corrected chi connectivity index (χ2v) is 12.1. The molecule has 0 N–H and O–H groups in total. The summed E-state index contributed by atoms with van der Waals surface area (Å²) in [5.74, 6) is 3.60. The van der Waals surface area contributed by atoms with Gasteiger partial charge in [0.2, 0.25) is 11.8 Å². The standard InChI is InChI=1S/C26H25N3O2S2/c30-23(29-19-5-1-3-7-21(19)33-22-8-4-2-6-20(22)29)15-32-25-28-27-24(31-25)26-12-16-9-17(13-26)11-18(10-16)14-26/h1-8,16-18H,9-15H2. The lowest BCUT2D eigenvalue weighted by atomic mass is 9.49. The Morgan fingerprint density at radius 1 is 0.939 bits per heavy atom. The molecule has 0 spiro atoms. The first-order valence-electron chi connectivity index (χ1n) is 11.8. The number of fused-ring (bicyclic) bond motifs is 2. The predicted molar refractivity (Wildman–Crippen MR) is 129 cm³/mol. The van der Waals surface area contributed by atoms with E-state index in [1.165, 1.54) is 50.3 Å². The van der Waals surface area contributed by atoms with Crippen LogP contribution >= 0.6 is 23.5 Å². The van der Waals surface area contributed by atoms with Crippen molar-refractivity contribution in [1.82, 2.24) is 10.2 Å². The lowest BCUT2D eigenvalue weighted by Gasteiger charge is -2.55. The number of thioether (sulfide) groups is 1. The molecular weight excluding hydrogens is 450 g/mol. The average Bonchev–Trinajstić information content (AvgIpc) is 3.30. The van der Waals surface area contributed by atoms with Gasteiger partial charge < -0.3 is 4.42 Å². The fourth-order valence-electron chi connectivity index (χ4n) is 7.02. The highest BCUT2D eigenvalue weighted by Gasteiger charge is 2.54. The van der Waals surface area contributed by atoms with Crippen LogP contribution in [-0.4, -0.2) is 21.9 Å². The van der Waals surface area contributed by atoms with E-state index < -0.39 is 0 Å². The maximum atomic E-state index is 13.4. The summed E-state index contributed by atoms with van der Waals surface area (Å²) in [6, 6.07) is 16.2. The van der Waals surface area contributed by atoms with Crippen LogP contribution in [0.25, 0.3) is 0 Å². The maximum Gasteiger partial charge on any atom is 0.277 e. The molecule has 2 heterocycles. The Labute approximate surface area is 201 Å². The first-order chi connectivity index (χ1) is 16.2. The second kappa shape index (κ2) is 7.64. The van der Waals surface area contributed by atoms with E-state index in [-0.39, 0.29) is 17.1 Å². The smallest absolute Gasteiger partial charge is 0.277 e. The number of aromatic nitrogens is 2. The third-order valence-electron chi connectivity index (χ3n) is 7.90. The van der Waals surface area contributed by atoms with Gasteiger partial charge in [-0.3, -0.25) is 9.69 Å². The summed E-state index contributed by atoms with van der Waals surface area (Å²) in [5, 5.41) is 9.37. The first-order valence-corrected chi connectivity index (χ1v) is 13.6. The van der Waals surface area contributed by atoms with E-state index in [2.05, 4.69) is 22.3 Å². The Morgan fingerprint density at radius 2 is 1.52 bits per heavy atom. The van der Waals surface area contributed by atoms with Crippen molar-refractivity contribution in [2.24, 2.45) is 17.8 Å². The van der Waals surface area contributed by atoms with Gasteiger partial charge >= 0.3 is 0 Å². The minimum Gasteiger partial charge on any atom is -0.415 e. The Kier molecular flexibility index (Phi) is 4.66. The minimum atomic E-state index is 0.0229. The van der Waals surface area contributed by atoms with Gasteiger partial charge in [0, 0.05) is 15.2 Å². The maximum absolute atomic E-state index is 13.4. The lowest BCUT2D eigenvalue weighted by Crippen LogP contribution is -2.48. The highest BCUT2D eigenvalue weighted by atomic mass is 32.2. The van der Waals surface area contributed by atoms with Crippen molar-refractivity contribution in [2.75, 3.05) is 10.7 Å². The molecular formula is C26H25N3O2S2. The zero-order valence-corrected chi connectivity index (χ0v) is 19.9. The number of rotatable bonds is 4. The van der Waals surface area contributed by atoms with E-state index in [0.29, 0.717) is 5.22 Å². The molecule has 1 aliphatic heterocycles. The minimum absolute atomic E-state index is 0.0229. The van der Waals surface area contributed by atoms with Crippen molar-refractivity contribution in [2.45, 2.75) is 59.0 Å². The molecule has 0 saturated heterocycles. The highest BCUT2D eigenvalue weighted by molar-refractivity contribution is 8.00. The zero-order valence-electron chi connectivity index (χ0n) is 18.3. The van der Waals surface area contributed by atoms with E-state index >= 15 is 0 Å². The SMILES string of the molecule is O=C(CSc1nnc(C23CC4CC(CC(C4)C2)C3)o1)N1c2ccccc2Sc2ccccc21. The Bertz CT molecular complexity index is 1160. The lowest BCUT2D eigenvalue weighted by molar-refractivity contribution is -0.115. The van der Waals surface area contributed by atoms with Crippen LogP contribution in [0, 0.1) is 17.8 Å². The van der Waals surface area contributed by atoms with Gasteiger partial charge in [-0.25, -0.2) is 0 Å². The van der Waals surface area contributed by atoms with Crippen molar-refractivity contribution < 1.29 is 9.21 Å². The molecule has 4 aliphatic carbocycles. The van der Waals surface area contributed by atoms with E-state index in [4.69, 9.17) is 4.42 Å². The molecule has 3 aromatic rings. The first kappa shape index (κ1) is 20.2. The summed E-state index contributed by atoms with van der Waals surface area (Å²) in [6.45, 7) is 0. The number of carbonyl (C=O) groups is 1. The van der Waals surface area contributed by atoms with E-state index in [1.807, 2.05) is 41.3 Å². The average molecular weight is 476 g/mol. The van der Waals surface area contributed by atoms with Crippen LogP contribution in [-0.2, 0) is 10.2 Å².